The molecule has 18 heavy (non-hydrogen) atoms. The third-order valence-corrected chi connectivity index (χ3v) is 4.67. The van der Waals surface area contributed by atoms with E-state index in [1.807, 2.05) is 13.0 Å². The maximum atomic E-state index is 10.1. The lowest BCUT2D eigenvalue weighted by molar-refractivity contribution is 0.174. The monoisotopic (exact) mass is 265 g/mol. The summed E-state index contributed by atoms with van der Waals surface area (Å²) in [6, 6.07) is 8.28. The van der Waals surface area contributed by atoms with E-state index in [1.54, 1.807) is 0 Å². The summed E-state index contributed by atoms with van der Waals surface area (Å²) in [6.07, 6.45) is 0.423. The molecule has 1 aromatic rings. The zero-order valence-electron chi connectivity index (χ0n) is 11.5. The minimum absolute atomic E-state index is 0.346. The molecule has 0 bridgehead atoms. The van der Waals surface area contributed by atoms with Gasteiger partial charge in [0.15, 0.2) is 0 Å². The Kier molecular flexibility index (Phi) is 4.57. The SMILES string of the molecule is CCC(O)c1ccccc1N1CC(C)SC(C)C1. The molecule has 0 radical (unpaired) electrons. The zero-order chi connectivity index (χ0) is 13.1. The highest BCUT2D eigenvalue weighted by Gasteiger charge is 2.24. The number of benzene rings is 1. The average molecular weight is 265 g/mol. The Bertz CT molecular complexity index is 386. The first-order valence-corrected chi connectivity index (χ1v) is 7.73. The molecule has 0 spiro atoms. The molecule has 3 heteroatoms. The van der Waals surface area contributed by atoms with Crippen molar-refractivity contribution in [1.29, 1.82) is 0 Å². The summed E-state index contributed by atoms with van der Waals surface area (Å²) in [5.41, 5.74) is 2.29. The number of rotatable bonds is 3. The number of aliphatic hydroxyl groups excluding tert-OH is 1. The van der Waals surface area contributed by atoms with Gasteiger partial charge in [0.1, 0.15) is 0 Å². The molecule has 0 aliphatic carbocycles. The van der Waals surface area contributed by atoms with Crippen LogP contribution in [0.3, 0.4) is 0 Å². The van der Waals surface area contributed by atoms with E-state index in [9.17, 15) is 5.11 Å². The Morgan fingerprint density at radius 2 is 1.89 bits per heavy atom. The van der Waals surface area contributed by atoms with Crippen LogP contribution in [0.25, 0.3) is 0 Å². The van der Waals surface area contributed by atoms with Crippen LogP contribution in [0.5, 0.6) is 0 Å². The minimum atomic E-state index is -0.346. The minimum Gasteiger partial charge on any atom is -0.388 e. The number of para-hydroxylation sites is 1. The quantitative estimate of drug-likeness (QED) is 0.905. The summed E-state index contributed by atoms with van der Waals surface area (Å²) in [4.78, 5) is 2.43. The van der Waals surface area contributed by atoms with Gasteiger partial charge in [-0.25, -0.2) is 0 Å². The lowest BCUT2D eigenvalue weighted by Crippen LogP contribution is -2.41. The normalized spacial score (nSPS) is 26.1. The molecular weight excluding hydrogens is 242 g/mol. The maximum Gasteiger partial charge on any atom is 0.0807 e. The molecule has 3 atom stereocenters. The molecule has 1 saturated heterocycles. The molecule has 1 heterocycles. The summed E-state index contributed by atoms with van der Waals surface area (Å²) in [5, 5.41) is 11.4. The largest absolute Gasteiger partial charge is 0.388 e. The molecule has 1 fully saturated rings. The molecule has 0 aromatic heterocycles. The van der Waals surface area contributed by atoms with Crippen LogP contribution in [-0.2, 0) is 0 Å². The van der Waals surface area contributed by atoms with Crippen molar-refractivity contribution in [1.82, 2.24) is 0 Å². The molecule has 100 valence electrons. The fraction of sp³-hybridized carbons (Fsp3) is 0.600. The van der Waals surface area contributed by atoms with Crippen LogP contribution in [0.1, 0.15) is 38.9 Å². The van der Waals surface area contributed by atoms with Gasteiger partial charge in [-0.05, 0) is 12.5 Å². The molecule has 2 nitrogen and oxygen atoms in total. The third kappa shape index (κ3) is 3.01. The van der Waals surface area contributed by atoms with Crippen molar-refractivity contribution in [2.24, 2.45) is 0 Å². The molecule has 3 unspecified atom stereocenters. The first kappa shape index (κ1) is 13.8. The van der Waals surface area contributed by atoms with E-state index < -0.39 is 0 Å². The summed E-state index contributed by atoms with van der Waals surface area (Å²) < 4.78 is 0. The van der Waals surface area contributed by atoms with Gasteiger partial charge in [-0.15, -0.1) is 0 Å². The van der Waals surface area contributed by atoms with Crippen molar-refractivity contribution in [3.63, 3.8) is 0 Å². The Labute approximate surface area is 114 Å². The predicted molar refractivity (Wildman–Crippen MR) is 80.4 cm³/mol. The topological polar surface area (TPSA) is 23.5 Å². The van der Waals surface area contributed by atoms with Crippen LogP contribution in [0.4, 0.5) is 5.69 Å². The van der Waals surface area contributed by atoms with Gasteiger partial charge < -0.3 is 10.0 Å². The van der Waals surface area contributed by atoms with E-state index in [0.29, 0.717) is 10.5 Å². The van der Waals surface area contributed by atoms with E-state index >= 15 is 0 Å². The zero-order valence-corrected chi connectivity index (χ0v) is 12.3. The smallest absolute Gasteiger partial charge is 0.0807 e. The molecule has 2 rings (SSSR count). The number of nitrogens with zero attached hydrogens (tertiary/aromatic N) is 1. The summed E-state index contributed by atoms with van der Waals surface area (Å²) >= 11 is 2.06. The molecule has 0 amide bonds. The van der Waals surface area contributed by atoms with Gasteiger partial charge >= 0.3 is 0 Å². The van der Waals surface area contributed by atoms with Crippen molar-refractivity contribution < 1.29 is 5.11 Å². The molecule has 1 aliphatic rings. The first-order chi connectivity index (χ1) is 8.61. The van der Waals surface area contributed by atoms with Crippen molar-refractivity contribution in [2.75, 3.05) is 18.0 Å². The van der Waals surface area contributed by atoms with E-state index in [1.165, 1.54) is 5.69 Å². The predicted octanol–water partition coefficient (Wildman–Crippen LogP) is 3.46. The van der Waals surface area contributed by atoms with Crippen molar-refractivity contribution >= 4 is 17.4 Å². The van der Waals surface area contributed by atoms with E-state index in [0.717, 1.165) is 25.1 Å². The van der Waals surface area contributed by atoms with Crippen LogP contribution in [0.15, 0.2) is 24.3 Å². The highest BCUT2D eigenvalue weighted by atomic mass is 32.2. The lowest BCUT2D eigenvalue weighted by atomic mass is 10.0. The van der Waals surface area contributed by atoms with Gasteiger partial charge in [-0.2, -0.15) is 11.8 Å². The van der Waals surface area contributed by atoms with Gasteiger partial charge in [-0.1, -0.05) is 39.0 Å². The van der Waals surface area contributed by atoms with Gasteiger partial charge in [0.05, 0.1) is 6.10 Å². The second-order valence-electron chi connectivity index (χ2n) is 5.15. The lowest BCUT2D eigenvalue weighted by Gasteiger charge is -2.37. The number of thioether (sulfide) groups is 1. The van der Waals surface area contributed by atoms with Gasteiger partial charge in [0, 0.05) is 34.8 Å². The molecular formula is C15H23NOS. The highest BCUT2D eigenvalue weighted by molar-refractivity contribution is 8.00. The number of hydrogen-bond donors (Lipinski definition) is 1. The van der Waals surface area contributed by atoms with E-state index in [-0.39, 0.29) is 6.10 Å². The van der Waals surface area contributed by atoms with E-state index in [2.05, 4.69) is 48.7 Å². The summed E-state index contributed by atoms with van der Waals surface area (Å²) in [5.74, 6) is 0. The second-order valence-corrected chi connectivity index (χ2v) is 7.03. The summed E-state index contributed by atoms with van der Waals surface area (Å²) in [6.45, 7) is 8.74. The fourth-order valence-electron chi connectivity index (χ4n) is 2.65. The number of hydrogen-bond acceptors (Lipinski definition) is 3. The van der Waals surface area contributed by atoms with Crippen molar-refractivity contribution in [2.45, 2.75) is 43.8 Å². The van der Waals surface area contributed by atoms with Crippen LogP contribution < -0.4 is 4.90 Å². The first-order valence-electron chi connectivity index (χ1n) is 6.79. The molecule has 1 aromatic carbocycles. The Hall–Kier alpha value is -0.670. The molecule has 1 N–H and O–H groups in total. The van der Waals surface area contributed by atoms with Crippen molar-refractivity contribution in [3.05, 3.63) is 29.8 Å². The average Bonchev–Trinajstić information content (AvgIpc) is 2.36. The van der Waals surface area contributed by atoms with Gasteiger partial charge in [0.25, 0.3) is 0 Å². The van der Waals surface area contributed by atoms with Crippen LogP contribution in [-0.4, -0.2) is 28.7 Å². The number of anilines is 1. The van der Waals surface area contributed by atoms with Crippen LogP contribution in [0.2, 0.25) is 0 Å². The highest BCUT2D eigenvalue weighted by Crippen LogP contribution is 2.33. The molecule has 1 aliphatic heterocycles. The van der Waals surface area contributed by atoms with Gasteiger partial charge in [0.2, 0.25) is 0 Å². The van der Waals surface area contributed by atoms with Crippen molar-refractivity contribution in [3.8, 4) is 0 Å². The Morgan fingerprint density at radius 3 is 2.50 bits per heavy atom. The number of aliphatic hydroxyl groups is 1. The standard InChI is InChI=1S/C15H23NOS/c1-4-15(17)13-7-5-6-8-14(13)16-9-11(2)18-12(3)10-16/h5-8,11-12,15,17H,4,9-10H2,1-3H3. The van der Waals surface area contributed by atoms with Crippen LogP contribution >= 0.6 is 11.8 Å². The molecule has 0 saturated carbocycles. The third-order valence-electron chi connectivity index (χ3n) is 3.44. The maximum absolute atomic E-state index is 10.1. The fourth-order valence-corrected chi connectivity index (χ4v) is 3.98. The van der Waals surface area contributed by atoms with E-state index in [4.69, 9.17) is 0 Å². The van der Waals surface area contributed by atoms with Gasteiger partial charge in [-0.3, -0.25) is 0 Å². The Balaban J connectivity index is 2.26. The Morgan fingerprint density at radius 1 is 1.28 bits per heavy atom. The second kappa shape index (κ2) is 5.98. The van der Waals surface area contributed by atoms with Crippen LogP contribution in [0, 0.1) is 0 Å². The summed E-state index contributed by atoms with van der Waals surface area (Å²) in [7, 11) is 0.